The van der Waals surface area contributed by atoms with E-state index in [1.54, 1.807) is 6.20 Å². The molecule has 2 aromatic heterocycles. The van der Waals surface area contributed by atoms with Crippen molar-refractivity contribution in [2.24, 2.45) is 0 Å². The van der Waals surface area contributed by atoms with Crippen molar-refractivity contribution in [2.45, 2.75) is 0 Å². The van der Waals surface area contributed by atoms with Gasteiger partial charge in [0.05, 0.1) is 5.52 Å². The lowest BCUT2D eigenvalue weighted by atomic mass is 10.2. The number of aromatic nitrogens is 3. The van der Waals surface area contributed by atoms with Crippen molar-refractivity contribution >= 4 is 22.4 Å². The molecule has 0 fully saturated rings. The minimum Gasteiger partial charge on any atom is -0.383 e. The standard InChI is InChI=1S/C21H19N5/c1-2-8-16(9-3-1)22-14-15-24-20-17-10-4-5-11-18(17)25-21(26-20)19-12-6-7-13-23-19/h1-13,22H,14-15H2,(H,24,25,26). The molecule has 0 bridgehead atoms. The van der Waals surface area contributed by atoms with Crippen LogP contribution in [0.4, 0.5) is 11.5 Å². The maximum Gasteiger partial charge on any atom is 0.180 e. The summed E-state index contributed by atoms with van der Waals surface area (Å²) in [6.07, 6.45) is 1.75. The molecule has 0 amide bonds. The molecule has 0 unspecified atom stereocenters. The van der Waals surface area contributed by atoms with Crippen molar-refractivity contribution in [1.29, 1.82) is 0 Å². The molecule has 0 aliphatic heterocycles. The van der Waals surface area contributed by atoms with Gasteiger partial charge in [-0.2, -0.15) is 0 Å². The summed E-state index contributed by atoms with van der Waals surface area (Å²) < 4.78 is 0. The van der Waals surface area contributed by atoms with E-state index in [9.17, 15) is 0 Å². The Labute approximate surface area is 152 Å². The van der Waals surface area contributed by atoms with E-state index in [0.29, 0.717) is 5.82 Å². The van der Waals surface area contributed by atoms with E-state index >= 15 is 0 Å². The van der Waals surface area contributed by atoms with Crippen LogP contribution < -0.4 is 10.6 Å². The predicted octanol–water partition coefficient (Wildman–Crippen LogP) is 4.22. The zero-order valence-electron chi connectivity index (χ0n) is 14.3. The fourth-order valence-electron chi connectivity index (χ4n) is 2.76. The first-order chi connectivity index (χ1) is 12.9. The van der Waals surface area contributed by atoms with Crippen molar-refractivity contribution in [3.8, 4) is 11.5 Å². The van der Waals surface area contributed by atoms with Crippen molar-refractivity contribution < 1.29 is 0 Å². The lowest BCUT2D eigenvalue weighted by molar-refractivity contribution is 1.06. The predicted molar refractivity (Wildman–Crippen MR) is 106 cm³/mol. The average Bonchev–Trinajstić information content (AvgIpc) is 2.72. The molecule has 0 spiro atoms. The molecule has 0 saturated carbocycles. The van der Waals surface area contributed by atoms with Gasteiger partial charge >= 0.3 is 0 Å². The van der Waals surface area contributed by atoms with E-state index in [1.165, 1.54) is 0 Å². The molecule has 0 atom stereocenters. The quantitative estimate of drug-likeness (QED) is 0.514. The van der Waals surface area contributed by atoms with Crippen LogP contribution in [0.1, 0.15) is 0 Å². The van der Waals surface area contributed by atoms with Crippen molar-refractivity contribution in [3.63, 3.8) is 0 Å². The van der Waals surface area contributed by atoms with Crippen LogP contribution in [0.2, 0.25) is 0 Å². The molecule has 2 heterocycles. The van der Waals surface area contributed by atoms with Crippen LogP contribution in [0.25, 0.3) is 22.4 Å². The fourth-order valence-corrected chi connectivity index (χ4v) is 2.76. The Morgan fingerprint density at radius 3 is 2.31 bits per heavy atom. The normalized spacial score (nSPS) is 10.6. The van der Waals surface area contributed by atoms with Crippen LogP contribution >= 0.6 is 0 Å². The number of nitrogens with zero attached hydrogens (tertiary/aromatic N) is 3. The van der Waals surface area contributed by atoms with Crippen molar-refractivity contribution in [2.75, 3.05) is 23.7 Å². The van der Waals surface area contributed by atoms with Gasteiger partial charge in [0.2, 0.25) is 0 Å². The number of rotatable bonds is 6. The molecular formula is C21H19N5. The molecule has 0 radical (unpaired) electrons. The molecule has 5 nitrogen and oxygen atoms in total. The van der Waals surface area contributed by atoms with Crippen LogP contribution in [0.3, 0.4) is 0 Å². The van der Waals surface area contributed by atoms with Crippen LogP contribution in [0.5, 0.6) is 0 Å². The zero-order chi connectivity index (χ0) is 17.6. The highest BCUT2D eigenvalue weighted by molar-refractivity contribution is 5.90. The first kappa shape index (κ1) is 16.0. The van der Waals surface area contributed by atoms with Gasteiger partial charge in [-0.05, 0) is 36.4 Å². The van der Waals surface area contributed by atoms with Gasteiger partial charge in [-0.3, -0.25) is 4.98 Å². The second-order valence-electron chi connectivity index (χ2n) is 5.85. The van der Waals surface area contributed by atoms with Crippen LogP contribution in [0.15, 0.2) is 79.0 Å². The topological polar surface area (TPSA) is 62.7 Å². The summed E-state index contributed by atoms with van der Waals surface area (Å²) in [5.41, 5.74) is 2.78. The number of hydrogen-bond donors (Lipinski definition) is 2. The summed E-state index contributed by atoms with van der Waals surface area (Å²) in [5, 5.41) is 7.82. The smallest absolute Gasteiger partial charge is 0.180 e. The molecule has 2 N–H and O–H groups in total. The molecule has 128 valence electrons. The van der Waals surface area contributed by atoms with E-state index in [4.69, 9.17) is 4.98 Å². The summed E-state index contributed by atoms with van der Waals surface area (Å²) in [7, 11) is 0. The second kappa shape index (κ2) is 7.61. The Balaban J connectivity index is 1.55. The third-order valence-electron chi connectivity index (χ3n) is 4.02. The SMILES string of the molecule is c1ccc(NCCNc2nc(-c3ccccn3)nc3ccccc23)cc1. The molecule has 0 aliphatic carbocycles. The fraction of sp³-hybridized carbons (Fsp3) is 0.0952. The van der Waals surface area contributed by atoms with Gasteiger partial charge in [0, 0.05) is 30.4 Å². The molecule has 0 saturated heterocycles. The molecular weight excluding hydrogens is 322 g/mol. The van der Waals surface area contributed by atoms with Gasteiger partial charge < -0.3 is 10.6 Å². The molecule has 0 aliphatic rings. The van der Waals surface area contributed by atoms with E-state index in [0.717, 1.165) is 41.2 Å². The molecule has 4 aromatic rings. The van der Waals surface area contributed by atoms with E-state index in [1.807, 2.05) is 60.7 Å². The maximum absolute atomic E-state index is 4.70. The highest BCUT2D eigenvalue weighted by Gasteiger charge is 2.09. The number of para-hydroxylation sites is 2. The summed E-state index contributed by atoms with van der Waals surface area (Å²) in [5.74, 6) is 1.45. The number of anilines is 2. The number of fused-ring (bicyclic) bond motifs is 1. The lowest BCUT2D eigenvalue weighted by Gasteiger charge is -2.11. The highest BCUT2D eigenvalue weighted by Crippen LogP contribution is 2.23. The minimum absolute atomic E-state index is 0.628. The third-order valence-corrected chi connectivity index (χ3v) is 4.02. The molecule has 4 rings (SSSR count). The maximum atomic E-state index is 4.70. The monoisotopic (exact) mass is 341 g/mol. The number of benzene rings is 2. The summed E-state index contributed by atoms with van der Waals surface area (Å²) in [6.45, 7) is 1.54. The van der Waals surface area contributed by atoms with Gasteiger partial charge in [-0.1, -0.05) is 36.4 Å². The first-order valence-electron chi connectivity index (χ1n) is 8.61. The van der Waals surface area contributed by atoms with Gasteiger partial charge in [0.1, 0.15) is 11.5 Å². The highest BCUT2D eigenvalue weighted by atomic mass is 15.1. The number of pyridine rings is 1. The lowest BCUT2D eigenvalue weighted by Crippen LogP contribution is -2.15. The summed E-state index contributed by atoms with van der Waals surface area (Å²) >= 11 is 0. The van der Waals surface area contributed by atoms with Gasteiger partial charge in [-0.15, -0.1) is 0 Å². The Bertz CT molecular complexity index is 987. The summed E-state index contributed by atoms with van der Waals surface area (Å²) in [4.78, 5) is 13.7. The minimum atomic E-state index is 0.628. The number of nitrogens with one attached hydrogen (secondary N) is 2. The Morgan fingerprint density at radius 2 is 1.46 bits per heavy atom. The van der Waals surface area contributed by atoms with E-state index in [-0.39, 0.29) is 0 Å². The summed E-state index contributed by atoms with van der Waals surface area (Å²) in [6, 6.07) is 23.9. The largest absolute Gasteiger partial charge is 0.383 e. The Hall–Kier alpha value is -3.47. The molecule has 26 heavy (non-hydrogen) atoms. The Morgan fingerprint density at radius 1 is 0.692 bits per heavy atom. The van der Waals surface area contributed by atoms with Gasteiger partial charge in [0.25, 0.3) is 0 Å². The number of hydrogen-bond acceptors (Lipinski definition) is 5. The molecule has 5 heteroatoms. The van der Waals surface area contributed by atoms with Crippen LogP contribution in [-0.2, 0) is 0 Å². The van der Waals surface area contributed by atoms with Gasteiger partial charge in [-0.25, -0.2) is 9.97 Å². The van der Waals surface area contributed by atoms with E-state index in [2.05, 4.69) is 32.7 Å². The van der Waals surface area contributed by atoms with Crippen LogP contribution in [-0.4, -0.2) is 28.0 Å². The second-order valence-corrected chi connectivity index (χ2v) is 5.85. The van der Waals surface area contributed by atoms with Crippen molar-refractivity contribution in [3.05, 3.63) is 79.0 Å². The van der Waals surface area contributed by atoms with Crippen molar-refractivity contribution in [1.82, 2.24) is 15.0 Å². The molecule has 2 aromatic carbocycles. The first-order valence-corrected chi connectivity index (χ1v) is 8.61. The third kappa shape index (κ3) is 3.62. The van der Waals surface area contributed by atoms with Crippen LogP contribution in [0, 0.1) is 0 Å². The zero-order valence-corrected chi connectivity index (χ0v) is 14.3. The van der Waals surface area contributed by atoms with E-state index < -0.39 is 0 Å². The van der Waals surface area contributed by atoms with Gasteiger partial charge in [0.15, 0.2) is 5.82 Å². The average molecular weight is 341 g/mol. The Kier molecular flexibility index (Phi) is 4.69.